The monoisotopic (exact) mass is 877 g/mol. The van der Waals surface area contributed by atoms with Crippen LogP contribution in [0.2, 0.25) is 0 Å². The number of carbonyl (C=O) groups is 4. The first-order valence-electron chi connectivity index (χ1n) is 25.6. The number of hydrogen-bond donors (Lipinski definition) is 2. The number of nitrogens with one attached hydrogen (secondary N) is 2. The van der Waals surface area contributed by atoms with E-state index in [9.17, 15) is 19.2 Å². The molecule has 2 unspecified atom stereocenters. The summed E-state index contributed by atoms with van der Waals surface area (Å²) < 4.78 is 23.9. The van der Waals surface area contributed by atoms with Crippen LogP contribution in [0.3, 0.4) is 0 Å². The van der Waals surface area contributed by atoms with E-state index in [4.69, 9.17) is 18.9 Å². The number of piperidine rings is 2. The van der Waals surface area contributed by atoms with Gasteiger partial charge in [-0.05, 0) is 68.2 Å². The van der Waals surface area contributed by atoms with Crippen LogP contribution in [-0.4, -0.2) is 71.5 Å². The Morgan fingerprint density at radius 1 is 0.419 bits per heavy atom. The number of rotatable bonds is 33. The summed E-state index contributed by atoms with van der Waals surface area (Å²) in [6, 6.07) is 0. The zero-order valence-corrected chi connectivity index (χ0v) is 41.8. The van der Waals surface area contributed by atoms with Gasteiger partial charge in [0.25, 0.3) is 0 Å². The smallest absolute Gasteiger partial charge is 0.310 e. The van der Waals surface area contributed by atoms with Crippen molar-refractivity contribution in [2.75, 3.05) is 13.2 Å². The van der Waals surface area contributed by atoms with Gasteiger partial charge in [0.2, 0.25) is 0 Å². The standard InChI is InChI=1S/C52H96N2O8/c1-11-13-15-17-19-21-23-25-27-29-31-33-59-47(57)43(35-45(55)61-41-37-49(3,4)53-50(5,6)38-41)44(36-46(56)62-42-39-51(7,8)54-52(9,10)40-42)48(58)60-34-32-30-28-26-24-22-20-18-16-14-12-2/h41-44,53-54H,11-40H2,1-10H3. The molecule has 0 bridgehead atoms. The summed E-state index contributed by atoms with van der Waals surface area (Å²) in [6.07, 6.45) is 26.5. The van der Waals surface area contributed by atoms with E-state index in [0.29, 0.717) is 38.5 Å². The minimum absolute atomic E-state index is 0.183. The number of ether oxygens (including phenoxy) is 4. The zero-order valence-electron chi connectivity index (χ0n) is 41.8. The summed E-state index contributed by atoms with van der Waals surface area (Å²) in [4.78, 5) is 55.9. The summed E-state index contributed by atoms with van der Waals surface area (Å²) in [5, 5.41) is 7.23. The van der Waals surface area contributed by atoms with Crippen LogP contribution in [0.15, 0.2) is 0 Å². The molecule has 2 rings (SSSR count). The largest absolute Gasteiger partial charge is 0.465 e. The van der Waals surface area contributed by atoms with Gasteiger partial charge in [0.1, 0.15) is 12.2 Å². The Labute approximate surface area is 380 Å². The van der Waals surface area contributed by atoms with Gasteiger partial charge in [-0.15, -0.1) is 0 Å². The number of unbranched alkanes of at least 4 members (excludes halogenated alkanes) is 20. The van der Waals surface area contributed by atoms with E-state index in [1.807, 2.05) is 0 Å². The van der Waals surface area contributed by atoms with E-state index in [-0.39, 0.29) is 60.4 Å². The minimum Gasteiger partial charge on any atom is -0.465 e. The van der Waals surface area contributed by atoms with Gasteiger partial charge in [0.15, 0.2) is 0 Å². The molecule has 2 atom stereocenters. The van der Waals surface area contributed by atoms with Gasteiger partial charge in [-0.2, -0.15) is 0 Å². The molecule has 0 spiro atoms. The SMILES string of the molecule is CCCCCCCCCCCCCOC(=O)C(CC(=O)OC1CC(C)(C)NC(C)(C)C1)C(CC(=O)OC1CC(C)(C)NC(C)(C)C1)C(=O)OCCCCCCCCCCCCC. The van der Waals surface area contributed by atoms with Crippen molar-refractivity contribution in [3.8, 4) is 0 Å². The highest BCUT2D eigenvalue weighted by atomic mass is 16.6. The van der Waals surface area contributed by atoms with Crippen LogP contribution < -0.4 is 10.6 Å². The van der Waals surface area contributed by atoms with E-state index in [2.05, 4.69) is 79.9 Å². The van der Waals surface area contributed by atoms with Gasteiger partial charge in [-0.1, -0.05) is 142 Å². The normalized spacial score (nSPS) is 19.3. The highest BCUT2D eigenvalue weighted by Gasteiger charge is 2.44. The molecule has 2 N–H and O–H groups in total. The summed E-state index contributed by atoms with van der Waals surface area (Å²) in [5.74, 6) is -5.02. The number of esters is 4. The van der Waals surface area contributed by atoms with E-state index in [1.54, 1.807) is 0 Å². The van der Waals surface area contributed by atoms with Crippen LogP contribution in [0.5, 0.6) is 0 Å². The molecular weight excluding hydrogens is 781 g/mol. The lowest BCUT2D eigenvalue weighted by atomic mass is 9.80. The summed E-state index contributed by atoms with van der Waals surface area (Å²) in [5.41, 5.74) is -1.05. The van der Waals surface area contributed by atoms with Crippen LogP contribution in [0, 0.1) is 11.8 Å². The van der Waals surface area contributed by atoms with Gasteiger partial charge in [0.05, 0.1) is 37.9 Å². The van der Waals surface area contributed by atoms with Gasteiger partial charge in [-0.3, -0.25) is 19.2 Å². The van der Waals surface area contributed by atoms with Crippen molar-refractivity contribution in [1.29, 1.82) is 0 Å². The lowest BCUT2D eigenvalue weighted by Crippen LogP contribution is -2.59. The quantitative estimate of drug-likeness (QED) is 0.0373. The fourth-order valence-corrected chi connectivity index (χ4v) is 10.3. The van der Waals surface area contributed by atoms with E-state index < -0.39 is 35.7 Å². The van der Waals surface area contributed by atoms with Crippen LogP contribution in [0.4, 0.5) is 0 Å². The fourth-order valence-electron chi connectivity index (χ4n) is 10.3. The third-order valence-corrected chi connectivity index (χ3v) is 12.8. The van der Waals surface area contributed by atoms with Crippen LogP contribution in [-0.2, 0) is 38.1 Å². The first kappa shape index (κ1) is 55.9. The molecule has 2 aliphatic rings. The van der Waals surface area contributed by atoms with E-state index >= 15 is 0 Å². The molecule has 10 nitrogen and oxygen atoms in total. The molecule has 0 aromatic rings. The van der Waals surface area contributed by atoms with Crippen molar-refractivity contribution < 1.29 is 38.1 Å². The predicted molar refractivity (Wildman–Crippen MR) is 252 cm³/mol. The predicted octanol–water partition coefficient (Wildman–Crippen LogP) is 12.4. The number of hydrogen-bond acceptors (Lipinski definition) is 10. The third-order valence-electron chi connectivity index (χ3n) is 12.8. The molecule has 2 saturated heterocycles. The summed E-state index contributed by atoms with van der Waals surface area (Å²) in [7, 11) is 0. The second kappa shape index (κ2) is 29.4. The average molecular weight is 877 g/mol. The average Bonchev–Trinajstić information content (AvgIpc) is 3.14. The molecule has 2 fully saturated rings. The second-order valence-corrected chi connectivity index (χ2v) is 21.9. The van der Waals surface area contributed by atoms with Crippen LogP contribution in [0.1, 0.15) is 249 Å². The maximum atomic E-state index is 14.1. The Morgan fingerprint density at radius 3 is 0.919 bits per heavy atom. The Morgan fingerprint density at radius 2 is 0.661 bits per heavy atom. The Kier molecular flexibility index (Phi) is 26.5. The second-order valence-electron chi connectivity index (χ2n) is 21.9. The maximum Gasteiger partial charge on any atom is 0.310 e. The molecule has 362 valence electrons. The van der Waals surface area contributed by atoms with Crippen molar-refractivity contribution in [2.45, 2.75) is 283 Å². The Hall–Kier alpha value is -2.20. The van der Waals surface area contributed by atoms with Gasteiger partial charge in [0, 0.05) is 47.8 Å². The molecule has 0 radical (unpaired) electrons. The zero-order chi connectivity index (χ0) is 46.1. The highest BCUT2D eigenvalue weighted by molar-refractivity contribution is 5.88. The summed E-state index contributed by atoms with van der Waals surface area (Å²) >= 11 is 0. The Balaban J connectivity index is 2.16. The maximum absolute atomic E-state index is 14.1. The molecule has 10 heteroatoms. The first-order chi connectivity index (χ1) is 29.3. The molecule has 0 saturated carbocycles. The number of carbonyl (C=O) groups excluding carboxylic acids is 4. The molecule has 0 aliphatic carbocycles. The van der Waals surface area contributed by atoms with Crippen molar-refractivity contribution in [2.24, 2.45) is 11.8 Å². The lowest BCUT2D eigenvalue weighted by molar-refractivity contribution is -0.171. The Bertz CT molecular complexity index is 1150. The van der Waals surface area contributed by atoms with Gasteiger partial charge >= 0.3 is 23.9 Å². The topological polar surface area (TPSA) is 129 Å². The molecule has 2 heterocycles. The van der Waals surface area contributed by atoms with E-state index in [0.717, 1.165) is 38.5 Å². The molecule has 0 aromatic heterocycles. The highest BCUT2D eigenvalue weighted by Crippen LogP contribution is 2.34. The van der Waals surface area contributed by atoms with Crippen molar-refractivity contribution in [3.05, 3.63) is 0 Å². The van der Waals surface area contributed by atoms with Crippen LogP contribution in [0.25, 0.3) is 0 Å². The lowest BCUT2D eigenvalue weighted by Gasteiger charge is -2.46. The molecule has 0 amide bonds. The van der Waals surface area contributed by atoms with Crippen LogP contribution >= 0.6 is 0 Å². The van der Waals surface area contributed by atoms with Crippen molar-refractivity contribution in [3.63, 3.8) is 0 Å². The molecule has 62 heavy (non-hydrogen) atoms. The minimum atomic E-state index is -1.25. The molecular formula is C52H96N2O8. The van der Waals surface area contributed by atoms with E-state index in [1.165, 1.54) is 89.9 Å². The van der Waals surface area contributed by atoms with Gasteiger partial charge < -0.3 is 29.6 Å². The van der Waals surface area contributed by atoms with Crippen molar-refractivity contribution in [1.82, 2.24) is 10.6 Å². The fraction of sp³-hybridized carbons (Fsp3) is 0.923. The summed E-state index contributed by atoms with van der Waals surface area (Å²) in [6.45, 7) is 21.5. The van der Waals surface area contributed by atoms with Crippen molar-refractivity contribution >= 4 is 23.9 Å². The first-order valence-corrected chi connectivity index (χ1v) is 25.6. The molecule has 2 aliphatic heterocycles. The van der Waals surface area contributed by atoms with Gasteiger partial charge in [-0.25, -0.2) is 0 Å². The third kappa shape index (κ3) is 25.3. The molecule has 0 aromatic carbocycles.